The Morgan fingerprint density at radius 3 is 0.793 bits per heavy atom. The normalized spacial score (nSPS) is 23.7. The van der Waals surface area contributed by atoms with E-state index >= 15 is 0 Å². The van der Waals surface area contributed by atoms with Crippen molar-refractivity contribution in [3.63, 3.8) is 0 Å². The average Bonchev–Trinajstić information content (AvgIpc) is 3.56. The maximum Gasteiger partial charge on any atom is 2.00 e. The molecule has 0 saturated heterocycles. The van der Waals surface area contributed by atoms with Gasteiger partial charge in [-0.15, -0.1) is 0 Å². The maximum atomic E-state index is 7.75. The fourth-order valence-electron chi connectivity index (χ4n) is 6.96. The molecule has 0 N–H and O–H groups in total. The summed E-state index contributed by atoms with van der Waals surface area (Å²) in [5.41, 5.74) is 4.98. The standard InChI is InChI=1S/C22H40P2.2CHO.Ni/c1-2-10-19(9-1)23(20-11-3-4-12-20)17-18-24(21-13-5-6-14-21)22-15-7-8-16-22;2*1-2;/h19-22H,1-18H2;2*1H;/q;2*-1;+2/p+2. The van der Waals surface area contributed by atoms with Gasteiger partial charge in [-0.2, -0.15) is 0 Å². The van der Waals surface area contributed by atoms with E-state index in [0.29, 0.717) is 0 Å². The molecule has 4 fully saturated rings. The van der Waals surface area contributed by atoms with Crippen LogP contribution in [0, 0.1) is 0 Å². The summed E-state index contributed by atoms with van der Waals surface area (Å²) in [6.07, 6.45) is 29.3. The van der Waals surface area contributed by atoms with Crippen molar-refractivity contribution in [2.75, 3.05) is 12.3 Å². The zero-order valence-electron chi connectivity index (χ0n) is 18.3. The molecular formula is C24H44NiO2P2+2. The molecule has 0 amide bonds. The number of rotatable bonds is 7. The quantitative estimate of drug-likeness (QED) is 0.176. The summed E-state index contributed by atoms with van der Waals surface area (Å²) in [5.74, 6) is 0. The van der Waals surface area contributed by atoms with E-state index in [2.05, 4.69) is 13.6 Å². The van der Waals surface area contributed by atoms with E-state index in [4.69, 9.17) is 9.59 Å². The Morgan fingerprint density at radius 2 is 0.621 bits per heavy atom. The van der Waals surface area contributed by atoms with Crippen molar-refractivity contribution in [2.45, 2.75) is 125 Å². The fourth-order valence-corrected chi connectivity index (χ4v) is 16.8. The number of hydrogen-bond donors (Lipinski definition) is 0. The van der Waals surface area contributed by atoms with Crippen LogP contribution in [0.3, 0.4) is 0 Å². The average molecular weight is 485 g/mol. The second-order valence-corrected chi connectivity index (χ2v) is 16.1. The molecule has 0 aromatic rings. The molecule has 4 aliphatic carbocycles. The van der Waals surface area contributed by atoms with Crippen LogP contribution in [0.5, 0.6) is 0 Å². The summed E-state index contributed by atoms with van der Waals surface area (Å²) < 4.78 is 0. The van der Waals surface area contributed by atoms with Gasteiger partial charge in [0.05, 0.1) is 35.0 Å². The van der Waals surface area contributed by atoms with E-state index in [1.54, 1.807) is 115 Å². The Labute approximate surface area is 192 Å². The fraction of sp³-hybridized carbons (Fsp3) is 0.917. The van der Waals surface area contributed by atoms with E-state index in [1.807, 2.05) is 0 Å². The first kappa shape index (κ1) is 27.7. The van der Waals surface area contributed by atoms with E-state index in [0.717, 1.165) is 0 Å². The van der Waals surface area contributed by atoms with Crippen molar-refractivity contribution in [3.8, 4) is 0 Å². The van der Waals surface area contributed by atoms with Crippen molar-refractivity contribution < 1.29 is 26.1 Å². The van der Waals surface area contributed by atoms with Gasteiger partial charge in [0.1, 0.15) is 0 Å². The van der Waals surface area contributed by atoms with Crippen molar-refractivity contribution in [3.05, 3.63) is 0 Å². The third-order valence-corrected chi connectivity index (χ3v) is 16.9. The molecular weight excluding hydrogens is 441 g/mol. The summed E-state index contributed by atoms with van der Waals surface area (Å²) >= 11 is 0. The van der Waals surface area contributed by atoms with Crippen LogP contribution in [-0.2, 0) is 26.1 Å². The van der Waals surface area contributed by atoms with Gasteiger partial charge in [-0.05, 0) is 103 Å². The van der Waals surface area contributed by atoms with Gasteiger partial charge >= 0.3 is 16.5 Å². The molecule has 0 spiro atoms. The SMILES string of the molecule is C1CCC([PH+](CC[PH+](C2CCCC2)C2CCCC2)C2CCCC2)C1.[CH-]=O.[CH-]=O.[Ni+2]. The van der Waals surface area contributed by atoms with Crippen LogP contribution < -0.4 is 0 Å². The molecule has 4 saturated carbocycles. The van der Waals surface area contributed by atoms with Gasteiger partial charge in [0.25, 0.3) is 0 Å². The Morgan fingerprint density at radius 1 is 0.448 bits per heavy atom. The van der Waals surface area contributed by atoms with Crippen LogP contribution in [0.4, 0.5) is 0 Å². The van der Waals surface area contributed by atoms with Crippen LogP contribution in [0.15, 0.2) is 0 Å². The molecule has 29 heavy (non-hydrogen) atoms. The van der Waals surface area contributed by atoms with Gasteiger partial charge in [-0.25, -0.2) is 0 Å². The minimum atomic E-state index is -0.0270. The largest absolute Gasteiger partial charge is 2.00 e. The Bertz CT molecular complexity index is 332. The second kappa shape index (κ2) is 16.3. The van der Waals surface area contributed by atoms with E-state index in [-0.39, 0.29) is 32.3 Å². The molecule has 0 bridgehead atoms. The number of carbonyl (C=O) groups excluding carboxylic acids is 2. The zero-order chi connectivity index (χ0) is 20.2. The molecule has 170 valence electrons. The molecule has 4 rings (SSSR count). The Kier molecular flexibility index (Phi) is 15.6. The molecule has 0 heterocycles. The van der Waals surface area contributed by atoms with Crippen LogP contribution >= 0.6 is 15.8 Å². The third-order valence-electron chi connectivity index (χ3n) is 8.22. The van der Waals surface area contributed by atoms with Crippen molar-refractivity contribution in [2.24, 2.45) is 0 Å². The maximum absolute atomic E-state index is 7.75. The molecule has 2 nitrogen and oxygen atoms in total. The first-order valence-electron chi connectivity index (χ1n) is 12.1. The van der Waals surface area contributed by atoms with Crippen molar-refractivity contribution in [1.29, 1.82) is 0 Å². The van der Waals surface area contributed by atoms with E-state index < -0.39 is 0 Å². The molecule has 0 radical (unpaired) electrons. The zero-order valence-corrected chi connectivity index (χ0v) is 21.3. The molecule has 0 atom stereocenters. The van der Waals surface area contributed by atoms with Gasteiger partial charge in [-0.1, -0.05) is 0 Å². The van der Waals surface area contributed by atoms with Gasteiger partial charge in [0.2, 0.25) is 0 Å². The van der Waals surface area contributed by atoms with Crippen LogP contribution in [-0.4, -0.2) is 48.5 Å². The first-order valence-corrected chi connectivity index (χ1v) is 15.8. The first-order chi connectivity index (χ1) is 13.9. The minimum Gasteiger partial charge on any atom is -0.545 e. The van der Waals surface area contributed by atoms with Crippen LogP contribution in [0.1, 0.15) is 103 Å². The minimum absolute atomic E-state index is 0. The molecule has 0 aromatic carbocycles. The molecule has 0 aliphatic heterocycles. The van der Waals surface area contributed by atoms with Gasteiger partial charge < -0.3 is 9.59 Å². The summed E-state index contributed by atoms with van der Waals surface area (Å²) in [5, 5.41) is 0. The van der Waals surface area contributed by atoms with E-state index in [9.17, 15) is 0 Å². The molecule has 0 unspecified atom stereocenters. The predicted molar refractivity (Wildman–Crippen MR) is 129 cm³/mol. The monoisotopic (exact) mass is 484 g/mol. The Hall–Kier alpha value is 0.694. The van der Waals surface area contributed by atoms with Crippen LogP contribution in [0.2, 0.25) is 0 Å². The van der Waals surface area contributed by atoms with Gasteiger partial charge in [0, 0.05) is 15.8 Å². The Balaban J connectivity index is 0.000000794. The van der Waals surface area contributed by atoms with E-state index in [1.165, 1.54) is 22.6 Å². The van der Waals surface area contributed by atoms with Crippen molar-refractivity contribution in [1.82, 2.24) is 0 Å². The molecule has 5 heteroatoms. The van der Waals surface area contributed by atoms with Crippen molar-refractivity contribution >= 4 is 29.4 Å². The van der Waals surface area contributed by atoms with Gasteiger partial charge in [-0.3, -0.25) is 13.6 Å². The summed E-state index contributed by atoms with van der Waals surface area (Å²) in [7, 11) is -0.0540. The second-order valence-electron chi connectivity index (χ2n) is 9.58. The number of hydrogen-bond acceptors (Lipinski definition) is 2. The molecule has 4 aliphatic rings. The van der Waals surface area contributed by atoms with Crippen LogP contribution in [0.25, 0.3) is 0 Å². The molecule has 0 aromatic heterocycles. The predicted octanol–water partition coefficient (Wildman–Crippen LogP) is 6.63. The third kappa shape index (κ3) is 8.28. The smallest absolute Gasteiger partial charge is 0.545 e. The summed E-state index contributed by atoms with van der Waals surface area (Å²) in [6.45, 7) is 6.50. The summed E-state index contributed by atoms with van der Waals surface area (Å²) in [6, 6.07) is 0. The topological polar surface area (TPSA) is 34.1 Å². The van der Waals surface area contributed by atoms with Gasteiger partial charge in [0.15, 0.2) is 0 Å². The summed E-state index contributed by atoms with van der Waals surface area (Å²) in [4.78, 5) is 15.5.